The second-order valence-electron chi connectivity index (χ2n) is 7.00. The van der Waals surface area contributed by atoms with E-state index in [0.29, 0.717) is 27.1 Å². The molecule has 0 saturated carbocycles. The molecule has 1 saturated heterocycles. The number of rotatable bonds is 3. The SMILES string of the molecule is Cc1nc(-c2c(C)c(C)nn(C)c2=O)sc1C(=O)NC1CNCCC1C. The van der Waals surface area contributed by atoms with Crippen molar-refractivity contribution in [1.29, 1.82) is 0 Å². The van der Waals surface area contributed by atoms with Crippen LogP contribution in [0.3, 0.4) is 0 Å². The third kappa shape index (κ3) is 3.43. The summed E-state index contributed by atoms with van der Waals surface area (Å²) in [4.78, 5) is 30.4. The molecule has 3 heterocycles. The van der Waals surface area contributed by atoms with Crippen LogP contribution in [0, 0.1) is 26.7 Å². The second kappa shape index (κ2) is 7.28. The number of amides is 1. The summed E-state index contributed by atoms with van der Waals surface area (Å²) in [6, 6.07) is 0.110. The van der Waals surface area contributed by atoms with Crippen LogP contribution < -0.4 is 16.2 Å². The molecule has 2 N–H and O–H groups in total. The van der Waals surface area contributed by atoms with Gasteiger partial charge in [0.1, 0.15) is 9.88 Å². The van der Waals surface area contributed by atoms with Gasteiger partial charge in [0.15, 0.2) is 0 Å². The molecule has 2 atom stereocenters. The molecule has 0 radical (unpaired) electrons. The lowest BCUT2D eigenvalue weighted by atomic mass is 9.95. The predicted octanol–water partition coefficient (Wildman–Crippen LogP) is 1.56. The lowest BCUT2D eigenvalue weighted by Gasteiger charge is -2.30. The number of hydrogen-bond acceptors (Lipinski definition) is 6. The van der Waals surface area contributed by atoms with Crippen molar-refractivity contribution < 1.29 is 4.79 Å². The quantitative estimate of drug-likeness (QED) is 0.850. The van der Waals surface area contributed by atoms with Gasteiger partial charge >= 0.3 is 0 Å². The first-order valence-electron chi connectivity index (χ1n) is 8.83. The fourth-order valence-corrected chi connectivity index (χ4v) is 4.29. The van der Waals surface area contributed by atoms with E-state index in [0.717, 1.165) is 30.8 Å². The number of carbonyl (C=O) groups is 1. The highest BCUT2D eigenvalue weighted by molar-refractivity contribution is 7.17. The highest BCUT2D eigenvalue weighted by atomic mass is 32.1. The van der Waals surface area contributed by atoms with E-state index in [2.05, 4.69) is 27.6 Å². The zero-order valence-corrected chi connectivity index (χ0v) is 16.7. The Balaban J connectivity index is 1.93. The molecule has 2 aromatic heterocycles. The average molecular weight is 375 g/mol. The van der Waals surface area contributed by atoms with Crippen LogP contribution in [0.25, 0.3) is 10.6 Å². The van der Waals surface area contributed by atoms with E-state index < -0.39 is 0 Å². The number of thiazole rings is 1. The molecule has 8 heteroatoms. The molecule has 2 aromatic rings. The maximum absolute atomic E-state index is 12.8. The Morgan fingerprint density at radius 2 is 2.04 bits per heavy atom. The van der Waals surface area contributed by atoms with Crippen LogP contribution in [-0.2, 0) is 7.05 Å². The fourth-order valence-electron chi connectivity index (χ4n) is 3.23. The smallest absolute Gasteiger partial charge is 0.277 e. The van der Waals surface area contributed by atoms with Gasteiger partial charge in [-0.3, -0.25) is 9.59 Å². The minimum Gasteiger partial charge on any atom is -0.347 e. The van der Waals surface area contributed by atoms with Crippen LogP contribution in [0.5, 0.6) is 0 Å². The molecule has 0 bridgehead atoms. The molecule has 140 valence electrons. The Bertz CT molecular complexity index is 902. The van der Waals surface area contributed by atoms with Crippen molar-refractivity contribution >= 4 is 17.2 Å². The van der Waals surface area contributed by atoms with Crippen molar-refractivity contribution in [3.63, 3.8) is 0 Å². The van der Waals surface area contributed by atoms with Crippen molar-refractivity contribution in [2.75, 3.05) is 13.1 Å². The minimum absolute atomic E-state index is 0.110. The van der Waals surface area contributed by atoms with E-state index >= 15 is 0 Å². The largest absolute Gasteiger partial charge is 0.347 e. The molecule has 0 aliphatic carbocycles. The van der Waals surface area contributed by atoms with Gasteiger partial charge in [-0.1, -0.05) is 6.92 Å². The van der Waals surface area contributed by atoms with Crippen LogP contribution in [0.1, 0.15) is 40.0 Å². The summed E-state index contributed by atoms with van der Waals surface area (Å²) in [7, 11) is 1.63. The fraction of sp³-hybridized carbons (Fsp3) is 0.556. The molecule has 1 amide bonds. The van der Waals surface area contributed by atoms with Gasteiger partial charge in [-0.05, 0) is 45.2 Å². The van der Waals surface area contributed by atoms with Crippen LogP contribution in [0.4, 0.5) is 0 Å². The zero-order chi connectivity index (χ0) is 19.0. The molecule has 3 rings (SSSR count). The topological polar surface area (TPSA) is 88.9 Å². The van der Waals surface area contributed by atoms with E-state index in [-0.39, 0.29) is 17.5 Å². The number of nitrogens with zero attached hydrogens (tertiary/aromatic N) is 3. The molecule has 7 nitrogen and oxygen atoms in total. The Hall–Kier alpha value is -2.06. The van der Waals surface area contributed by atoms with E-state index in [1.54, 1.807) is 7.05 Å². The Kier molecular flexibility index (Phi) is 5.24. The van der Waals surface area contributed by atoms with Gasteiger partial charge in [0, 0.05) is 19.6 Å². The number of aromatic nitrogens is 3. The summed E-state index contributed by atoms with van der Waals surface area (Å²) in [6.45, 7) is 9.46. The minimum atomic E-state index is -0.195. The summed E-state index contributed by atoms with van der Waals surface area (Å²) >= 11 is 1.27. The van der Waals surface area contributed by atoms with E-state index in [4.69, 9.17) is 0 Å². The molecule has 0 aromatic carbocycles. The summed E-state index contributed by atoms with van der Waals surface area (Å²) in [5.41, 5.74) is 2.57. The second-order valence-corrected chi connectivity index (χ2v) is 8.00. The third-order valence-electron chi connectivity index (χ3n) is 5.09. The first-order valence-corrected chi connectivity index (χ1v) is 9.65. The maximum atomic E-state index is 12.8. The first kappa shape index (κ1) is 18.7. The molecule has 1 aliphatic heterocycles. The predicted molar refractivity (Wildman–Crippen MR) is 103 cm³/mol. The first-order chi connectivity index (χ1) is 12.3. The van der Waals surface area contributed by atoms with Crippen LogP contribution in [-0.4, -0.2) is 39.8 Å². The van der Waals surface area contributed by atoms with Gasteiger partial charge in [-0.15, -0.1) is 11.3 Å². The van der Waals surface area contributed by atoms with Crippen molar-refractivity contribution in [3.05, 3.63) is 32.2 Å². The van der Waals surface area contributed by atoms with E-state index in [1.807, 2.05) is 20.8 Å². The summed E-state index contributed by atoms with van der Waals surface area (Å²) in [5.74, 6) is 0.317. The standard InChI is InChI=1S/C18H25N5O2S/c1-9-6-7-19-8-13(9)21-16(24)15-12(4)20-17(26-15)14-10(2)11(3)22-23(5)18(14)25/h9,13,19H,6-8H2,1-5H3,(H,21,24). The lowest BCUT2D eigenvalue weighted by molar-refractivity contribution is 0.0918. The lowest BCUT2D eigenvalue weighted by Crippen LogP contribution is -2.50. The Morgan fingerprint density at radius 1 is 1.31 bits per heavy atom. The Labute approximate surface area is 156 Å². The molecule has 2 unspecified atom stereocenters. The van der Waals surface area contributed by atoms with Gasteiger partial charge in [0.05, 0.1) is 17.0 Å². The molecule has 0 spiro atoms. The zero-order valence-electron chi connectivity index (χ0n) is 15.8. The van der Waals surface area contributed by atoms with E-state index in [9.17, 15) is 9.59 Å². The maximum Gasteiger partial charge on any atom is 0.277 e. The van der Waals surface area contributed by atoms with Gasteiger partial charge in [0.25, 0.3) is 11.5 Å². The normalized spacial score (nSPS) is 20.2. The molecule has 26 heavy (non-hydrogen) atoms. The molecule has 1 aliphatic rings. The molecular weight excluding hydrogens is 350 g/mol. The number of piperidine rings is 1. The highest BCUT2D eigenvalue weighted by Crippen LogP contribution is 2.28. The van der Waals surface area contributed by atoms with Crippen LogP contribution in [0.2, 0.25) is 0 Å². The molecule has 1 fully saturated rings. The van der Waals surface area contributed by atoms with Gasteiger partial charge in [-0.25, -0.2) is 9.67 Å². The monoisotopic (exact) mass is 375 g/mol. The number of hydrogen-bond donors (Lipinski definition) is 2. The van der Waals surface area contributed by atoms with Crippen molar-refractivity contribution in [2.24, 2.45) is 13.0 Å². The van der Waals surface area contributed by atoms with E-state index in [1.165, 1.54) is 16.0 Å². The summed E-state index contributed by atoms with van der Waals surface area (Å²) in [6.07, 6.45) is 1.05. The summed E-state index contributed by atoms with van der Waals surface area (Å²) < 4.78 is 1.32. The average Bonchev–Trinajstić information content (AvgIpc) is 2.97. The Morgan fingerprint density at radius 3 is 2.73 bits per heavy atom. The number of carbonyl (C=O) groups excluding carboxylic acids is 1. The third-order valence-corrected chi connectivity index (χ3v) is 6.26. The van der Waals surface area contributed by atoms with Crippen LogP contribution >= 0.6 is 11.3 Å². The van der Waals surface area contributed by atoms with Crippen molar-refractivity contribution in [2.45, 2.75) is 40.2 Å². The van der Waals surface area contributed by atoms with Gasteiger partial charge < -0.3 is 10.6 Å². The van der Waals surface area contributed by atoms with Gasteiger partial charge in [0.2, 0.25) is 0 Å². The van der Waals surface area contributed by atoms with Crippen molar-refractivity contribution in [1.82, 2.24) is 25.4 Å². The summed E-state index contributed by atoms with van der Waals surface area (Å²) in [5, 5.41) is 11.2. The number of aryl methyl sites for hydroxylation is 3. The van der Waals surface area contributed by atoms with Crippen molar-refractivity contribution in [3.8, 4) is 10.6 Å². The van der Waals surface area contributed by atoms with Gasteiger partial charge in [-0.2, -0.15) is 5.10 Å². The highest BCUT2D eigenvalue weighted by Gasteiger charge is 2.26. The van der Waals surface area contributed by atoms with Crippen LogP contribution in [0.15, 0.2) is 4.79 Å². The number of nitrogens with one attached hydrogen (secondary N) is 2. The molecular formula is C18H25N5O2S.